The van der Waals surface area contributed by atoms with Gasteiger partial charge in [0.05, 0.1) is 0 Å². The van der Waals surface area contributed by atoms with Crippen LogP contribution in [0.5, 0.6) is 0 Å². The van der Waals surface area contributed by atoms with E-state index < -0.39 is 0 Å². The van der Waals surface area contributed by atoms with Crippen molar-refractivity contribution in [3.05, 3.63) is 69.2 Å². The predicted molar refractivity (Wildman–Crippen MR) is 97.7 cm³/mol. The minimum absolute atomic E-state index is 0.111. The fraction of sp³-hybridized carbons (Fsp3) is 0.333. The number of aryl methyl sites for hydroxylation is 2. The minimum Gasteiger partial charge on any atom is -0.327 e. The molecule has 3 heteroatoms. The van der Waals surface area contributed by atoms with Crippen molar-refractivity contribution in [2.45, 2.75) is 37.8 Å². The molecule has 0 saturated carbocycles. The Labute approximate surface area is 140 Å². The average molecular weight is 364 g/mol. The van der Waals surface area contributed by atoms with E-state index in [1.165, 1.54) is 22.3 Å². The van der Waals surface area contributed by atoms with E-state index in [0.717, 1.165) is 10.2 Å². The maximum atomic E-state index is 6.22. The van der Waals surface area contributed by atoms with Crippen LogP contribution in [0.1, 0.15) is 34.4 Å². The van der Waals surface area contributed by atoms with Crippen molar-refractivity contribution in [2.24, 2.45) is 5.73 Å². The van der Waals surface area contributed by atoms with Crippen LogP contribution in [0.25, 0.3) is 0 Å². The molecular weight excluding hydrogens is 342 g/mol. The van der Waals surface area contributed by atoms with Crippen LogP contribution in [0.2, 0.25) is 0 Å². The molecule has 0 spiro atoms. The van der Waals surface area contributed by atoms with Crippen molar-refractivity contribution in [3.8, 4) is 0 Å². The van der Waals surface area contributed by atoms with E-state index in [1.807, 2.05) is 17.8 Å². The van der Waals surface area contributed by atoms with Gasteiger partial charge < -0.3 is 5.73 Å². The second-order valence-electron chi connectivity index (χ2n) is 5.61. The molecule has 0 fully saturated rings. The van der Waals surface area contributed by atoms with Crippen LogP contribution >= 0.6 is 27.7 Å². The first-order valence-corrected chi connectivity index (χ1v) is 9.00. The van der Waals surface area contributed by atoms with Gasteiger partial charge in [0.1, 0.15) is 0 Å². The number of benzene rings is 2. The molecule has 0 amide bonds. The van der Waals surface area contributed by atoms with Gasteiger partial charge in [-0.3, -0.25) is 0 Å². The van der Waals surface area contributed by atoms with Crippen LogP contribution < -0.4 is 5.73 Å². The SMILES string of the molecule is Cc1cc(C)cc(CSC(c2ccccc2Br)C(C)N)c1. The highest BCUT2D eigenvalue weighted by Crippen LogP contribution is 2.37. The smallest absolute Gasteiger partial charge is 0.0460 e. The zero-order chi connectivity index (χ0) is 15.4. The van der Waals surface area contributed by atoms with E-state index in [0.29, 0.717) is 5.25 Å². The summed E-state index contributed by atoms with van der Waals surface area (Å²) >= 11 is 5.56. The summed E-state index contributed by atoms with van der Waals surface area (Å²) in [7, 11) is 0. The second-order valence-corrected chi connectivity index (χ2v) is 7.59. The first-order valence-electron chi connectivity index (χ1n) is 7.16. The first-order chi connectivity index (χ1) is 9.97. The molecule has 2 atom stereocenters. The summed E-state index contributed by atoms with van der Waals surface area (Å²) in [6.07, 6.45) is 0. The number of rotatable bonds is 5. The Morgan fingerprint density at radius 2 is 1.71 bits per heavy atom. The fourth-order valence-electron chi connectivity index (χ4n) is 2.57. The molecule has 0 aliphatic carbocycles. The molecule has 2 rings (SSSR count). The molecule has 0 aromatic heterocycles. The van der Waals surface area contributed by atoms with Gasteiger partial charge in [0.25, 0.3) is 0 Å². The van der Waals surface area contributed by atoms with E-state index >= 15 is 0 Å². The molecule has 2 unspecified atom stereocenters. The maximum Gasteiger partial charge on any atom is 0.0460 e. The molecule has 0 radical (unpaired) electrons. The molecule has 2 aromatic rings. The van der Waals surface area contributed by atoms with Gasteiger partial charge in [-0.15, -0.1) is 11.8 Å². The Balaban J connectivity index is 2.16. The lowest BCUT2D eigenvalue weighted by molar-refractivity contribution is 0.719. The standard InChI is InChI=1S/C18H22BrNS/c1-12-8-13(2)10-15(9-12)11-21-18(14(3)20)16-6-4-5-7-17(16)19/h4-10,14,18H,11,20H2,1-3H3. The van der Waals surface area contributed by atoms with Crippen LogP contribution in [0.4, 0.5) is 0 Å². The fourth-order valence-corrected chi connectivity index (χ4v) is 4.48. The summed E-state index contributed by atoms with van der Waals surface area (Å²) in [6.45, 7) is 6.38. The van der Waals surface area contributed by atoms with Gasteiger partial charge in [-0.25, -0.2) is 0 Å². The third kappa shape index (κ3) is 4.60. The quantitative estimate of drug-likeness (QED) is 0.770. The van der Waals surface area contributed by atoms with E-state index in [4.69, 9.17) is 5.73 Å². The van der Waals surface area contributed by atoms with Crippen molar-refractivity contribution >= 4 is 27.7 Å². The van der Waals surface area contributed by atoms with Crippen molar-refractivity contribution in [1.82, 2.24) is 0 Å². The number of halogens is 1. The first kappa shape index (κ1) is 16.6. The summed E-state index contributed by atoms with van der Waals surface area (Å²) in [5, 5.41) is 0.293. The monoisotopic (exact) mass is 363 g/mol. The zero-order valence-electron chi connectivity index (χ0n) is 12.8. The van der Waals surface area contributed by atoms with Crippen molar-refractivity contribution < 1.29 is 0 Å². The molecule has 112 valence electrons. The summed E-state index contributed by atoms with van der Waals surface area (Å²) in [6, 6.07) is 15.2. The van der Waals surface area contributed by atoms with Crippen LogP contribution in [0.3, 0.4) is 0 Å². The Hall–Kier alpha value is -0.770. The molecule has 0 heterocycles. The van der Waals surface area contributed by atoms with Crippen LogP contribution in [-0.4, -0.2) is 6.04 Å². The topological polar surface area (TPSA) is 26.0 Å². The Morgan fingerprint density at radius 3 is 2.29 bits per heavy atom. The molecule has 2 aromatic carbocycles. The molecule has 1 nitrogen and oxygen atoms in total. The third-order valence-electron chi connectivity index (χ3n) is 3.40. The Kier molecular flexibility index (Phi) is 5.91. The molecule has 0 aliphatic heterocycles. The van der Waals surface area contributed by atoms with Crippen molar-refractivity contribution in [1.29, 1.82) is 0 Å². The van der Waals surface area contributed by atoms with Gasteiger partial charge in [0.15, 0.2) is 0 Å². The Morgan fingerprint density at radius 1 is 1.10 bits per heavy atom. The van der Waals surface area contributed by atoms with Gasteiger partial charge in [0.2, 0.25) is 0 Å². The molecule has 2 N–H and O–H groups in total. The highest BCUT2D eigenvalue weighted by Gasteiger charge is 2.19. The van der Waals surface area contributed by atoms with Gasteiger partial charge in [0, 0.05) is 21.5 Å². The number of nitrogens with two attached hydrogens (primary N) is 1. The van der Waals surface area contributed by atoms with Gasteiger partial charge in [-0.2, -0.15) is 0 Å². The molecule has 21 heavy (non-hydrogen) atoms. The van der Waals surface area contributed by atoms with E-state index in [-0.39, 0.29) is 6.04 Å². The van der Waals surface area contributed by atoms with E-state index in [9.17, 15) is 0 Å². The largest absolute Gasteiger partial charge is 0.327 e. The lowest BCUT2D eigenvalue weighted by atomic mass is 10.1. The average Bonchev–Trinajstić information content (AvgIpc) is 2.39. The van der Waals surface area contributed by atoms with Gasteiger partial charge in [-0.1, -0.05) is 63.5 Å². The Bertz CT molecular complexity index is 590. The minimum atomic E-state index is 0.111. The lowest BCUT2D eigenvalue weighted by Crippen LogP contribution is -2.23. The third-order valence-corrected chi connectivity index (χ3v) is 5.66. The van der Waals surface area contributed by atoms with Crippen LogP contribution in [0.15, 0.2) is 46.9 Å². The zero-order valence-corrected chi connectivity index (χ0v) is 15.2. The predicted octanol–water partition coefficient (Wildman–Crippen LogP) is 5.39. The summed E-state index contributed by atoms with van der Waals surface area (Å²) in [5.41, 5.74) is 11.5. The van der Waals surface area contributed by atoms with Crippen LogP contribution in [-0.2, 0) is 5.75 Å². The summed E-state index contributed by atoms with van der Waals surface area (Å²) in [5.74, 6) is 0.982. The van der Waals surface area contributed by atoms with Gasteiger partial charge >= 0.3 is 0 Å². The maximum absolute atomic E-state index is 6.22. The van der Waals surface area contributed by atoms with E-state index in [2.05, 4.69) is 73.1 Å². The number of thioether (sulfide) groups is 1. The number of hydrogen-bond donors (Lipinski definition) is 1. The normalized spacial score (nSPS) is 14.0. The highest BCUT2D eigenvalue weighted by atomic mass is 79.9. The molecule has 0 bridgehead atoms. The lowest BCUT2D eigenvalue weighted by Gasteiger charge is -2.22. The van der Waals surface area contributed by atoms with Gasteiger partial charge in [-0.05, 0) is 38.0 Å². The highest BCUT2D eigenvalue weighted by molar-refractivity contribution is 9.10. The van der Waals surface area contributed by atoms with E-state index in [1.54, 1.807) is 0 Å². The van der Waals surface area contributed by atoms with Crippen LogP contribution in [0, 0.1) is 13.8 Å². The molecule has 0 aliphatic rings. The summed E-state index contributed by atoms with van der Waals surface area (Å²) < 4.78 is 1.14. The molecule has 0 saturated heterocycles. The van der Waals surface area contributed by atoms with Crippen molar-refractivity contribution in [3.63, 3.8) is 0 Å². The number of hydrogen-bond acceptors (Lipinski definition) is 2. The van der Waals surface area contributed by atoms with Crippen molar-refractivity contribution in [2.75, 3.05) is 0 Å². The second kappa shape index (κ2) is 7.48. The summed E-state index contributed by atoms with van der Waals surface area (Å²) in [4.78, 5) is 0. The molecular formula is C18H22BrNS.